The van der Waals surface area contributed by atoms with Crippen molar-refractivity contribution in [3.05, 3.63) is 169 Å². The Hall–Kier alpha value is -7.26. The van der Waals surface area contributed by atoms with Gasteiger partial charge in [0.15, 0.2) is 0 Å². The number of benzene rings is 6. The Morgan fingerprint density at radius 1 is 0.429 bits per heavy atom. The van der Waals surface area contributed by atoms with Gasteiger partial charge < -0.3 is 4.57 Å². The van der Waals surface area contributed by atoms with E-state index >= 15 is 0 Å². The Bertz CT molecular complexity index is 2540. The van der Waals surface area contributed by atoms with E-state index in [0.717, 1.165) is 72.0 Å². The molecule has 2 aromatic heterocycles. The molecule has 0 saturated carbocycles. The number of hydrogen-bond acceptors (Lipinski definition) is 4. The van der Waals surface area contributed by atoms with Crippen LogP contribution in [-0.4, -0.2) is 9.55 Å². The molecule has 2 heterocycles. The standard InChI is InChI=1S/C44H25N5/c45-26-29-6-10-31(11-7-29)35-14-16-38-39-17-15-36(32-12-8-30(27-46)9-13-32)24-43(39)49(42(38)23-35)44-25-40(34-18-20-48-21-19-34)37(28-47)22-41(44)33-4-2-1-3-5-33/h1-25H. The molecule has 0 saturated heterocycles. The van der Waals surface area contributed by atoms with Crippen molar-refractivity contribution in [1.82, 2.24) is 9.55 Å². The summed E-state index contributed by atoms with van der Waals surface area (Å²) in [5, 5.41) is 31.4. The lowest BCUT2D eigenvalue weighted by Crippen LogP contribution is -2.00. The van der Waals surface area contributed by atoms with E-state index in [1.165, 1.54) is 0 Å². The van der Waals surface area contributed by atoms with E-state index in [1.807, 2.05) is 84.9 Å². The van der Waals surface area contributed by atoms with E-state index in [4.69, 9.17) is 0 Å². The maximum atomic E-state index is 10.4. The number of rotatable bonds is 5. The molecule has 0 aliphatic carbocycles. The summed E-state index contributed by atoms with van der Waals surface area (Å²) in [4.78, 5) is 4.22. The van der Waals surface area contributed by atoms with Gasteiger partial charge in [-0.25, -0.2) is 0 Å². The number of nitrogens with zero attached hydrogens (tertiary/aromatic N) is 5. The highest BCUT2D eigenvalue weighted by Gasteiger charge is 2.20. The van der Waals surface area contributed by atoms with Gasteiger partial charge in [0, 0.05) is 34.3 Å². The number of fused-ring (bicyclic) bond motifs is 3. The van der Waals surface area contributed by atoms with Crippen molar-refractivity contribution >= 4 is 21.8 Å². The van der Waals surface area contributed by atoms with Crippen molar-refractivity contribution in [1.29, 1.82) is 15.8 Å². The zero-order valence-electron chi connectivity index (χ0n) is 26.2. The summed E-state index contributed by atoms with van der Waals surface area (Å²) >= 11 is 0. The molecule has 0 spiro atoms. The molecule has 0 aliphatic rings. The first-order valence-corrected chi connectivity index (χ1v) is 15.8. The molecule has 0 unspecified atom stereocenters. The highest BCUT2D eigenvalue weighted by atomic mass is 15.0. The van der Waals surface area contributed by atoms with Gasteiger partial charge in [-0.1, -0.05) is 78.9 Å². The maximum absolute atomic E-state index is 10.4. The minimum atomic E-state index is 0.575. The highest BCUT2D eigenvalue weighted by Crippen LogP contribution is 2.41. The molecule has 0 bridgehead atoms. The van der Waals surface area contributed by atoms with E-state index in [-0.39, 0.29) is 0 Å². The van der Waals surface area contributed by atoms with Crippen molar-refractivity contribution in [3.8, 4) is 68.4 Å². The van der Waals surface area contributed by atoms with Crippen molar-refractivity contribution in [2.24, 2.45) is 0 Å². The predicted octanol–water partition coefficient (Wildman–Crippen LogP) is 10.5. The molecule has 49 heavy (non-hydrogen) atoms. The first-order valence-electron chi connectivity index (χ1n) is 15.8. The first-order chi connectivity index (χ1) is 24.1. The third-order valence-corrected chi connectivity index (χ3v) is 9.04. The molecule has 0 radical (unpaired) electrons. The molecule has 0 amide bonds. The van der Waals surface area contributed by atoms with Gasteiger partial charge in [-0.3, -0.25) is 4.98 Å². The van der Waals surface area contributed by atoms with Gasteiger partial charge in [-0.05, 0) is 94.0 Å². The zero-order chi connectivity index (χ0) is 33.3. The van der Waals surface area contributed by atoms with Crippen molar-refractivity contribution in [3.63, 3.8) is 0 Å². The van der Waals surface area contributed by atoms with E-state index in [2.05, 4.69) is 82.4 Å². The lowest BCUT2D eigenvalue weighted by atomic mass is 9.93. The van der Waals surface area contributed by atoms with Gasteiger partial charge >= 0.3 is 0 Å². The molecule has 8 aromatic rings. The number of nitriles is 3. The van der Waals surface area contributed by atoms with Gasteiger partial charge in [-0.2, -0.15) is 15.8 Å². The Morgan fingerprint density at radius 3 is 1.45 bits per heavy atom. The SMILES string of the molecule is N#Cc1ccc(-c2ccc3c4ccc(-c5ccc(C#N)cc5)cc4n(-c4cc(-c5ccncc5)c(C#N)cc4-c4ccccc4)c3c2)cc1. The second-order valence-corrected chi connectivity index (χ2v) is 11.8. The van der Waals surface area contributed by atoms with Crippen molar-refractivity contribution in [2.75, 3.05) is 0 Å². The second kappa shape index (κ2) is 12.2. The van der Waals surface area contributed by atoms with Crippen LogP contribution in [0.25, 0.3) is 72.0 Å². The number of pyridine rings is 1. The summed E-state index contributed by atoms with van der Waals surface area (Å²) < 4.78 is 2.30. The van der Waals surface area contributed by atoms with Crippen LogP contribution in [0.3, 0.4) is 0 Å². The van der Waals surface area contributed by atoms with Crippen LogP contribution in [0.15, 0.2) is 152 Å². The lowest BCUT2D eigenvalue weighted by Gasteiger charge is -2.18. The van der Waals surface area contributed by atoms with Crippen LogP contribution in [0.1, 0.15) is 16.7 Å². The molecule has 0 atom stereocenters. The fourth-order valence-corrected chi connectivity index (χ4v) is 6.60. The Kier molecular flexibility index (Phi) is 7.24. The Labute approximate surface area is 283 Å². The van der Waals surface area contributed by atoms with Crippen LogP contribution in [0, 0.1) is 34.0 Å². The fourth-order valence-electron chi connectivity index (χ4n) is 6.60. The van der Waals surface area contributed by atoms with Crippen LogP contribution >= 0.6 is 0 Å². The minimum Gasteiger partial charge on any atom is -0.309 e. The molecular weight excluding hydrogens is 599 g/mol. The predicted molar refractivity (Wildman–Crippen MR) is 194 cm³/mol. The Morgan fingerprint density at radius 2 is 0.939 bits per heavy atom. The monoisotopic (exact) mass is 623 g/mol. The smallest absolute Gasteiger partial charge is 0.0998 e. The quantitative estimate of drug-likeness (QED) is 0.191. The molecule has 0 fully saturated rings. The lowest BCUT2D eigenvalue weighted by molar-refractivity contribution is 1.18. The topological polar surface area (TPSA) is 89.2 Å². The molecule has 6 aromatic carbocycles. The zero-order valence-corrected chi connectivity index (χ0v) is 26.2. The first kappa shape index (κ1) is 29.2. The van der Waals surface area contributed by atoms with Crippen LogP contribution < -0.4 is 0 Å². The van der Waals surface area contributed by atoms with Crippen molar-refractivity contribution < 1.29 is 0 Å². The largest absolute Gasteiger partial charge is 0.309 e. The highest BCUT2D eigenvalue weighted by molar-refractivity contribution is 6.12. The Balaban J connectivity index is 1.48. The summed E-state index contributed by atoms with van der Waals surface area (Å²) in [5.74, 6) is 0. The van der Waals surface area contributed by atoms with Crippen LogP contribution in [0.2, 0.25) is 0 Å². The summed E-state index contributed by atoms with van der Waals surface area (Å²) in [7, 11) is 0. The normalized spacial score (nSPS) is 10.8. The van der Waals surface area contributed by atoms with E-state index in [1.54, 1.807) is 12.4 Å². The van der Waals surface area contributed by atoms with E-state index < -0.39 is 0 Å². The number of aromatic nitrogens is 2. The summed E-state index contributed by atoms with van der Waals surface area (Å²) in [5.41, 5.74) is 12.5. The van der Waals surface area contributed by atoms with Crippen LogP contribution in [0.5, 0.6) is 0 Å². The molecular formula is C44H25N5. The fraction of sp³-hybridized carbons (Fsp3) is 0. The second-order valence-electron chi connectivity index (χ2n) is 11.8. The average molecular weight is 624 g/mol. The summed E-state index contributed by atoms with van der Waals surface area (Å²) in [6.45, 7) is 0. The van der Waals surface area contributed by atoms with E-state index in [9.17, 15) is 15.8 Å². The van der Waals surface area contributed by atoms with Gasteiger partial charge in [0.25, 0.3) is 0 Å². The third kappa shape index (κ3) is 5.17. The molecule has 226 valence electrons. The maximum Gasteiger partial charge on any atom is 0.0998 e. The van der Waals surface area contributed by atoms with Gasteiger partial charge in [0.1, 0.15) is 0 Å². The summed E-state index contributed by atoms with van der Waals surface area (Å²) in [6.07, 6.45) is 3.49. The number of hydrogen-bond donors (Lipinski definition) is 0. The minimum absolute atomic E-state index is 0.575. The van der Waals surface area contributed by atoms with Crippen LogP contribution in [0.4, 0.5) is 0 Å². The summed E-state index contributed by atoms with van der Waals surface area (Å²) in [6, 6.07) is 53.3. The molecule has 5 nitrogen and oxygen atoms in total. The van der Waals surface area contributed by atoms with Crippen LogP contribution in [-0.2, 0) is 0 Å². The van der Waals surface area contributed by atoms with Crippen molar-refractivity contribution in [2.45, 2.75) is 0 Å². The van der Waals surface area contributed by atoms with Gasteiger partial charge in [-0.15, -0.1) is 0 Å². The molecule has 8 rings (SSSR count). The van der Waals surface area contributed by atoms with Gasteiger partial charge in [0.2, 0.25) is 0 Å². The molecule has 5 heteroatoms. The van der Waals surface area contributed by atoms with E-state index in [0.29, 0.717) is 16.7 Å². The third-order valence-electron chi connectivity index (χ3n) is 9.04. The molecule has 0 N–H and O–H groups in total. The van der Waals surface area contributed by atoms with Gasteiger partial charge in [0.05, 0.1) is 51.6 Å². The average Bonchev–Trinajstić information content (AvgIpc) is 3.50. The molecule has 0 aliphatic heterocycles.